The van der Waals surface area contributed by atoms with Crippen LogP contribution in [0.15, 0.2) is 83.8 Å². The number of primary sulfonamides is 1. The average Bonchev–Trinajstić information content (AvgIpc) is 2.77. The molecular weight excluding hydrogens is 420 g/mol. The van der Waals surface area contributed by atoms with Gasteiger partial charge >= 0.3 is 5.97 Å². The molecule has 160 valence electrons. The standard InChI is InChI=1S/C22H20N2O6S/c23-31(27,28)18-10-6-9-17(13-18)24-21(25)14-30-22(26)15-29-20-12-5-4-11-19(20)16-7-2-1-3-8-16/h1-13H,14-15H2,(H,24,25)(H2,23,27,28). The van der Waals surface area contributed by atoms with Crippen LogP contribution in [-0.4, -0.2) is 33.5 Å². The minimum atomic E-state index is -3.90. The third kappa shape index (κ3) is 6.39. The molecule has 0 radical (unpaired) electrons. The van der Waals surface area contributed by atoms with E-state index in [1.54, 1.807) is 12.1 Å². The molecule has 31 heavy (non-hydrogen) atoms. The summed E-state index contributed by atoms with van der Waals surface area (Å²) in [5.41, 5.74) is 1.97. The summed E-state index contributed by atoms with van der Waals surface area (Å²) in [5.74, 6) is -0.851. The fourth-order valence-electron chi connectivity index (χ4n) is 2.72. The number of hydrogen-bond acceptors (Lipinski definition) is 6. The Labute approximate surface area is 179 Å². The number of anilines is 1. The molecular formula is C22H20N2O6S. The summed E-state index contributed by atoms with van der Waals surface area (Å²) in [6, 6.07) is 22.2. The van der Waals surface area contributed by atoms with Gasteiger partial charge in [-0.3, -0.25) is 4.79 Å². The van der Waals surface area contributed by atoms with Crippen LogP contribution in [0, 0.1) is 0 Å². The number of esters is 1. The van der Waals surface area contributed by atoms with E-state index in [0.717, 1.165) is 11.1 Å². The van der Waals surface area contributed by atoms with Gasteiger partial charge in [0.15, 0.2) is 13.2 Å². The Bertz CT molecular complexity index is 1180. The van der Waals surface area contributed by atoms with Gasteiger partial charge in [0.2, 0.25) is 10.0 Å². The zero-order valence-electron chi connectivity index (χ0n) is 16.4. The Kier molecular flexibility index (Phi) is 7.01. The summed E-state index contributed by atoms with van der Waals surface area (Å²) >= 11 is 0. The van der Waals surface area contributed by atoms with Gasteiger partial charge < -0.3 is 14.8 Å². The molecule has 0 aliphatic heterocycles. The first-order valence-corrected chi connectivity index (χ1v) is 10.7. The summed E-state index contributed by atoms with van der Waals surface area (Å²) in [6.45, 7) is -0.930. The number of nitrogens with two attached hydrogens (primary N) is 1. The van der Waals surface area contributed by atoms with E-state index in [2.05, 4.69) is 5.32 Å². The quantitative estimate of drug-likeness (QED) is 0.519. The highest BCUT2D eigenvalue weighted by atomic mass is 32.2. The molecule has 3 aromatic rings. The van der Waals surface area contributed by atoms with Crippen molar-refractivity contribution in [2.75, 3.05) is 18.5 Å². The van der Waals surface area contributed by atoms with E-state index in [0.29, 0.717) is 5.75 Å². The van der Waals surface area contributed by atoms with Crippen molar-refractivity contribution in [2.45, 2.75) is 4.90 Å². The maximum atomic E-state index is 12.0. The number of benzene rings is 3. The van der Waals surface area contributed by atoms with E-state index >= 15 is 0 Å². The highest BCUT2D eigenvalue weighted by molar-refractivity contribution is 7.89. The molecule has 0 fully saturated rings. The summed E-state index contributed by atoms with van der Waals surface area (Å²) in [6.07, 6.45) is 0. The number of para-hydroxylation sites is 1. The highest BCUT2D eigenvalue weighted by Gasteiger charge is 2.13. The van der Waals surface area contributed by atoms with Gasteiger partial charge in [-0.15, -0.1) is 0 Å². The molecule has 1 amide bonds. The number of sulfonamides is 1. The molecule has 3 aromatic carbocycles. The lowest BCUT2D eigenvalue weighted by Crippen LogP contribution is -2.24. The topological polar surface area (TPSA) is 125 Å². The lowest BCUT2D eigenvalue weighted by Gasteiger charge is -2.11. The maximum Gasteiger partial charge on any atom is 0.344 e. The summed E-state index contributed by atoms with van der Waals surface area (Å²) in [4.78, 5) is 23.8. The second kappa shape index (κ2) is 9.88. The van der Waals surface area contributed by atoms with Crippen LogP contribution >= 0.6 is 0 Å². The largest absolute Gasteiger partial charge is 0.481 e. The summed E-state index contributed by atoms with van der Waals surface area (Å²) in [5, 5.41) is 7.50. The van der Waals surface area contributed by atoms with Gasteiger partial charge in [0.1, 0.15) is 5.75 Å². The number of rotatable bonds is 8. The number of amides is 1. The third-order valence-electron chi connectivity index (χ3n) is 4.13. The van der Waals surface area contributed by atoms with Crippen molar-refractivity contribution in [3.05, 3.63) is 78.9 Å². The predicted molar refractivity (Wildman–Crippen MR) is 115 cm³/mol. The highest BCUT2D eigenvalue weighted by Crippen LogP contribution is 2.29. The van der Waals surface area contributed by atoms with Crippen LogP contribution in [0.4, 0.5) is 5.69 Å². The molecule has 0 aromatic heterocycles. The second-order valence-corrected chi connectivity index (χ2v) is 7.99. The zero-order chi connectivity index (χ0) is 22.3. The van der Waals surface area contributed by atoms with E-state index in [1.165, 1.54) is 24.3 Å². The molecule has 8 nitrogen and oxygen atoms in total. The van der Waals surface area contributed by atoms with Crippen LogP contribution in [0.2, 0.25) is 0 Å². The molecule has 0 bridgehead atoms. The Hall–Kier alpha value is -3.69. The third-order valence-corrected chi connectivity index (χ3v) is 5.04. The fourth-order valence-corrected chi connectivity index (χ4v) is 3.28. The molecule has 3 rings (SSSR count). The molecule has 9 heteroatoms. The van der Waals surface area contributed by atoms with Crippen LogP contribution in [0.3, 0.4) is 0 Å². The normalized spacial score (nSPS) is 10.9. The van der Waals surface area contributed by atoms with Crippen LogP contribution in [-0.2, 0) is 24.3 Å². The van der Waals surface area contributed by atoms with Crippen molar-refractivity contribution in [2.24, 2.45) is 5.14 Å². The molecule has 0 saturated heterocycles. The molecule has 0 spiro atoms. The molecule has 0 atom stereocenters. The molecule has 3 N–H and O–H groups in total. The molecule has 0 aliphatic rings. The van der Waals surface area contributed by atoms with Crippen molar-refractivity contribution in [3.8, 4) is 16.9 Å². The summed E-state index contributed by atoms with van der Waals surface area (Å²) < 4.78 is 33.2. The lowest BCUT2D eigenvalue weighted by molar-refractivity contribution is -0.149. The Balaban J connectivity index is 1.52. The van der Waals surface area contributed by atoms with E-state index in [-0.39, 0.29) is 17.2 Å². The van der Waals surface area contributed by atoms with Gasteiger partial charge in [0.25, 0.3) is 5.91 Å². The lowest BCUT2D eigenvalue weighted by atomic mass is 10.1. The minimum absolute atomic E-state index is 0.146. The number of ether oxygens (including phenoxy) is 2. The van der Waals surface area contributed by atoms with Crippen molar-refractivity contribution in [1.82, 2.24) is 0 Å². The summed E-state index contributed by atoms with van der Waals surface area (Å²) in [7, 11) is -3.90. The zero-order valence-corrected chi connectivity index (χ0v) is 17.2. The van der Waals surface area contributed by atoms with Gasteiger partial charge in [-0.1, -0.05) is 54.6 Å². The molecule has 0 aliphatic carbocycles. The average molecular weight is 440 g/mol. The number of nitrogens with one attached hydrogen (secondary N) is 1. The maximum absolute atomic E-state index is 12.0. The van der Waals surface area contributed by atoms with Crippen molar-refractivity contribution >= 4 is 27.6 Å². The molecule has 0 saturated carbocycles. The van der Waals surface area contributed by atoms with Gasteiger partial charge in [-0.2, -0.15) is 0 Å². The second-order valence-electron chi connectivity index (χ2n) is 6.43. The predicted octanol–water partition coefficient (Wildman–Crippen LogP) is 2.56. The Morgan fingerprint density at radius 2 is 1.58 bits per heavy atom. The van der Waals surface area contributed by atoms with Crippen LogP contribution in [0.5, 0.6) is 5.75 Å². The van der Waals surface area contributed by atoms with E-state index in [1.807, 2.05) is 42.5 Å². The van der Waals surface area contributed by atoms with Crippen molar-refractivity contribution < 1.29 is 27.5 Å². The first-order valence-electron chi connectivity index (χ1n) is 9.18. The van der Waals surface area contributed by atoms with Crippen molar-refractivity contribution in [3.63, 3.8) is 0 Å². The van der Waals surface area contributed by atoms with Gasteiger partial charge in [-0.05, 0) is 29.8 Å². The number of carbonyl (C=O) groups is 2. The fraction of sp³-hybridized carbons (Fsp3) is 0.0909. The van der Waals surface area contributed by atoms with Crippen molar-refractivity contribution in [1.29, 1.82) is 0 Å². The molecule has 0 heterocycles. The van der Waals surface area contributed by atoms with Gasteiger partial charge in [-0.25, -0.2) is 18.4 Å². The van der Waals surface area contributed by atoms with Gasteiger partial charge in [0.05, 0.1) is 4.90 Å². The molecule has 0 unspecified atom stereocenters. The number of carbonyl (C=O) groups excluding carboxylic acids is 2. The van der Waals surface area contributed by atoms with E-state index in [4.69, 9.17) is 14.6 Å². The minimum Gasteiger partial charge on any atom is -0.481 e. The van der Waals surface area contributed by atoms with E-state index in [9.17, 15) is 18.0 Å². The van der Waals surface area contributed by atoms with E-state index < -0.39 is 28.5 Å². The van der Waals surface area contributed by atoms with Gasteiger partial charge in [0, 0.05) is 11.3 Å². The first-order chi connectivity index (χ1) is 14.8. The SMILES string of the molecule is NS(=O)(=O)c1cccc(NC(=O)COC(=O)COc2ccccc2-c2ccccc2)c1. The smallest absolute Gasteiger partial charge is 0.344 e. The van der Waals surface area contributed by atoms with Crippen LogP contribution in [0.1, 0.15) is 0 Å². The Morgan fingerprint density at radius 1 is 0.871 bits per heavy atom. The number of hydrogen-bond donors (Lipinski definition) is 2. The first kappa shape index (κ1) is 22.0. The van der Waals surface area contributed by atoms with Crippen LogP contribution in [0.25, 0.3) is 11.1 Å². The van der Waals surface area contributed by atoms with Crippen LogP contribution < -0.4 is 15.2 Å². The Morgan fingerprint density at radius 3 is 2.32 bits per heavy atom. The monoisotopic (exact) mass is 440 g/mol.